The van der Waals surface area contributed by atoms with Crippen LogP contribution in [0.2, 0.25) is 0 Å². The number of ether oxygens (including phenoxy) is 3. The fourth-order valence-electron chi connectivity index (χ4n) is 3.67. The number of carbonyl (C=O) groups excluding carboxylic acids is 2. The highest BCUT2D eigenvalue weighted by Crippen LogP contribution is 2.37. The van der Waals surface area contributed by atoms with Crippen LogP contribution in [0.25, 0.3) is 0 Å². The second-order valence-electron chi connectivity index (χ2n) is 7.60. The number of likely N-dealkylation sites (tertiary alicyclic amines) is 1. The van der Waals surface area contributed by atoms with Crippen molar-refractivity contribution >= 4 is 11.7 Å². The van der Waals surface area contributed by atoms with E-state index in [1.807, 2.05) is 6.92 Å². The Kier molecular flexibility index (Phi) is 7.17. The maximum absolute atomic E-state index is 12.6. The molecule has 166 valence electrons. The molecule has 0 radical (unpaired) electrons. The maximum atomic E-state index is 12.6. The van der Waals surface area contributed by atoms with Gasteiger partial charge in [-0.25, -0.2) is 0 Å². The van der Waals surface area contributed by atoms with Gasteiger partial charge < -0.3 is 24.2 Å². The van der Waals surface area contributed by atoms with Crippen molar-refractivity contribution in [3.63, 3.8) is 0 Å². The Labute approximate surface area is 182 Å². The molecular formula is C24H29NO6. The molecule has 0 saturated carbocycles. The minimum absolute atomic E-state index is 0.0667. The van der Waals surface area contributed by atoms with Crippen molar-refractivity contribution in [2.24, 2.45) is 0 Å². The number of nitrogens with zero attached hydrogens (tertiary/aromatic N) is 1. The summed E-state index contributed by atoms with van der Waals surface area (Å²) in [5.74, 6) is 1.69. The molecule has 1 N–H and O–H groups in total. The van der Waals surface area contributed by atoms with Crippen molar-refractivity contribution < 1.29 is 28.9 Å². The molecule has 1 saturated heterocycles. The number of benzene rings is 2. The number of Topliss-reactive ketones (excluding diaryl/α,β-unsaturated/α-hetero) is 1. The van der Waals surface area contributed by atoms with E-state index in [0.29, 0.717) is 60.7 Å². The molecule has 0 unspecified atom stereocenters. The van der Waals surface area contributed by atoms with E-state index >= 15 is 0 Å². The predicted octanol–water partition coefficient (Wildman–Crippen LogP) is 3.19. The van der Waals surface area contributed by atoms with Gasteiger partial charge >= 0.3 is 0 Å². The number of rotatable bonds is 8. The Morgan fingerprint density at radius 1 is 0.968 bits per heavy atom. The van der Waals surface area contributed by atoms with E-state index < -0.39 is 5.60 Å². The van der Waals surface area contributed by atoms with Crippen LogP contribution in [0, 0.1) is 0 Å². The van der Waals surface area contributed by atoms with E-state index in [2.05, 4.69) is 0 Å². The van der Waals surface area contributed by atoms with Crippen LogP contribution in [-0.4, -0.2) is 55.6 Å². The summed E-state index contributed by atoms with van der Waals surface area (Å²) in [7, 11) is 3.14. The molecule has 1 amide bonds. The van der Waals surface area contributed by atoms with Gasteiger partial charge in [0.1, 0.15) is 17.2 Å². The van der Waals surface area contributed by atoms with Crippen LogP contribution >= 0.6 is 0 Å². The second-order valence-corrected chi connectivity index (χ2v) is 7.60. The standard InChI is InChI=1S/C24H29NO6/c1-4-22(26)17-5-7-19(8-6-17)31-16-23(27)25-11-9-24(28,10-12-25)18-13-20(29-2)15-21(14-18)30-3/h5-8,13-15,28H,4,9-12,16H2,1-3H3. The minimum Gasteiger partial charge on any atom is -0.497 e. The summed E-state index contributed by atoms with van der Waals surface area (Å²) < 4.78 is 16.2. The highest BCUT2D eigenvalue weighted by molar-refractivity contribution is 5.95. The second kappa shape index (κ2) is 9.83. The van der Waals surface area contributed by atoms with Crippen molar-refractivity contribution in [1.29, 1.82) is 0 Å². The summed E-state index contributed by atoms with van der Waals surface area (Å²) in [6.07, 6.45) is 1.26. The summed E-state index contributed by atoms with van der Waals surface area (Å²) in [6, 6.07) is 12.2. The van der Waals surface area contributed by atoms with E-state index in [0.717, 1.165) is 0 Å². The van der Waals surface area contributed by atoms with Crippen LogP contribution in [0.5, 0.6) is 17.2 Å². The molecule has 1 fully saturated rings. The van der Waals surface area contributed by atoms with Gasteiger partial charge in [0.05, 0.1) is 19.8 Å². The molecule has 31 heavy (non-hydrogen) atoms. The van der Waals surface area contributed by atoms with Gasteiger partial charge in [-0.3, -0.25) is 9.59 Å². The van der Waals surface area contributed by atoms with Gasteiger partial charge in [0.25, 0.3) is 5.91 Å². The molecule has 0 aromatic heterocycles. The quantitative estimate of drug-likeness (QED) is 0.652. The summed E-state index contributed by atoms with van der Waals surface area (Å²) in [5.41, 5.74) is 0.292. The van der Waals surface area contributed by atoms with Crippen molar-refractivity contribution in [3.05, 3.63) is 53.6 Å². The first-order valence-electron chi connectivity index (χ1n) is 10.4. The average Bonchev–Trinajstić information content (AvgIpc) is 2.82. The SMILES string of the molecule is CCC(=O)c1ccc(OCC(=O)N2CCC(O)(c3cc(OC)cc(OC)c3)CC2)cc1. The highest BCUT2D eigenvalue weighted by atomic mass is 16.5. The Morgan fingerprint density at radius 3 is 2.06 bits per heavy atom. The third kappa shape index (κ3) is 5.35. The summed E-state index contributed by atoms with van der Waals surface area (Å²) in [5, 5.41) is 11.2. The zero-order valence-corrected chi connectivity index (χ0v) is 18.2. The molecule has 0 spiro atoms. The molecule has 3 rings (SSSR count). The summed E-state index contributed by atoms with van der Waals surface area (Å²) in [6.45, 7) is 2.56. The lowest BCUT2D eigenvalue weighted by atomic mass is 9.84. The van der Waals surface area contributed by atoms with Crippen LogP contribution in [0.4, 0.5) is 0 Å². The molecule has 2 aromatic rings. The van der Waals surface area contributed by atoms with Crippen LogP contribution in [0.3, 0.4) is 0 Å². The smallest absolute Gasteiger partial charge is 0.260 e. The van der Waals surface area contributed by atoms with E-state index in [1.165, 1.54) is 0 Å². The number of carbonyl (C=O) groups is 2. The molecular weight excluding hydrogens is 398 g/mol. The van der Waals surface area contributed by atoms with Gasteiger partial charge in [-0.2, -0.15) is 0 Å². The molecule has 7 heteroatoms. The lowest BCUT2D eigenvalue weighted by molar-refractivity contribution is -0.137. The number of hydrogen-bond donors (Lipinski definition) is 1. The van der Waals surface area contributed by atoms with Gasteiger partial charge in [-0.15, -0.1) is 0 Å². The van der Waals surface area contributed by atoms with Crippen molar-refractivity contribution in [1.82, 2.24) is 4.90 Å². The van der Waals surface area contributed by atoms with Crippen LogP contribution < -0.4 is 14.2 Å². The van der Waals surface area contributed by atoms with Crippen molar-refractivity contribution in [2.75, 3.05) is 33.9 Å². The van der Waals surface area contributed by atoms with E-state index in [9.17, 15) is 14.7 Å². The van der Waals surface area contributed by atoms with Crippen molar-refractivity contribution in [3.8, 4) is 17.2 Å². The molecule has 0 bridgehead atoms. The Morgan fingerprint density at radius 2 is 1.55 bits per heavy atom. The van der Waals surface area contributed by atoms with Gasteiger partial charge in [0, 0.05) is 31.1 Å². The largest absolute Gasteiger partial charge is 0.497 e. The molecule has 2 aromatic carbocycles. The first-order valence-corrected chi connectivity index (χ1v) is 10.4. The number of methoxy groups -OCH3 is 2. The average molecular weight is 427 g/mol. The summed E-state index contributed by atoms with van der Waals surface area (Å²) >= 11 is 0. The number of amides is 1. The summed E-state index contributed by atoms with van der Waals surface area (Å²) in [4.78, 5) is 25.9. The Bertz CT molecular complexity index is 894. The predicted molar refractivity (Wildman–Crippen MR) is 116 cm³/mol. The number of ketones is 1. The Balaban J connectivity index is 1.56. The first kappa shape index (κ1) is 22.6. The number of piperidine rings is 1. The molecule has 1 aliphatic heterocycles. The normalized spacial score (nSPS) is 15.3. The fourth-order valence-corrected chi connectivity index (χ4v) is 3.67. The highest BCUT2D eigenvalue weighted by Gasteiger charge is 2.36. The van der Waals surface area contributed by atoms with Gasteiger partial charge in [-0.1, -0.05) is 6.92 Å². The molecule has 0 aliphatic carbocycles. The molecule has 7 nitrogen and oxygen atoms in total. The Hall–Kier alpha value is -3.06. The first-order chi connectivity index (χ1) is 14.9. The monoisotopic (exact) mass is 427 g/mol. The van der Waals surface area contributed by atoms with Crippen LogP contribution in [-0.2, 0) is 10.4 Å². The van der Waals surface area contributed by atoms with E-state index in [-0.39, 0.29) is 18.3 Å². The van der Waals surface area contributed by atoms with Crippen LogP contribution in [0.1, 0.15) is 42.1 Å². The number of aliphatic hydroxyl groups is 1. The molecule has 0 atom stereocenters. The van der Waals surface area contributed by atoms with Crippen LogP contribution in [0.15, 0.2) is 42.5 Å². The van der Waals surface area contributed by atoms with Gasteiger partial charge in [0.2, 0.25) is 0 Å². The topological polar surface area (TPSA) is 85.3 Å². The third-order valence-corrected chi connectivity index (χ3v) is 5.69. The molecule has 1 aliphatic rings. The number of hydrogen-bond acceptors (Lipinski definition) is 6. The third-order valence-electron chi connectivity index (χ3n) is 5.69. The lowest BCUT2D eigenvalue weighted by Gasteiger charge is -2.38. The van der Waals surface area contributed by atoms with E-state index in [4.69, 9.17) is 14.2 Å². The zero-order valence-electron chi connectivity index (χ0n) is 18.2. The minimum atomic E-state index is -1.05. The maximum Gasteiger partial charge on any atom is 0.260 e. The fraction of sp³-hybridized carbons (Fsp3) is 0.417. The van der Waals surface area contributed by atoms with Gasteiger partial charge in [-0.05, 0) is 54.8 Å². The van der Waals surface area contributed by atoms with Gasteiger partial charge in [0.15, 0.2) is 12.4 Å². The van der Waals surface area contributed by atoms with Crippen molar-refractivity contribution in [2.45, 2.75) is 31.8 Å². The molecule has 1 heterocycles. The van der Waals surface area contributed by atoms with E-state index in [1.54, 1.807) is 61.6 Å². The zero-order chi connectivity index (χ0) is 22.4. The lowest BCUT2D eigenvalue weighted by Crippen LogP contribution is -2.46.